The van der Waals surface area contributed by atoms with Crippen molar-refractivity contribution >= 4 is 17.4 Å². The van der Waals surface area contributed by atoms with Crippen molar-refractivity contribution < 1.29 is 18.4 Å². The van der Waals surface area contributed by atoms with Gasteiger partial charge in [-0.15, -0.1) is 0 Å². The Morgan fingerprint density at radius 1 is 1.00 bits per heavy atom. The summed E-state index contributed by atoms with van der Waals surface area (Å²) in [5.41, 5.74) is 3.07. The smallest absolute Gasteiger partial charge is 0.227 e. The van der Waals surface area contributed by atoms with Crippen LogP contribution in [0.25, 0.3) is 33.9 Å². The molecule has 0 saturated heterocycles. The normalized spacial score (nSPS) is 10.9. The van der Waals surface area contributed by atoms with Gasteiger partial charge in [-0.2, -0.15) is 0 Å². The van der Waals surface area contributed by atoms with Crippen molar-refractivity contribution in [1.82, 2.24) is 4.98 Å². The van der Waals surface area contributed by atoms with Crippen LogP contribution in [0, 0.1) is 0 Å². The summed E-state index contributed by atoms with van der Waals surface area (Å²) in [5, 5.41) is 0. The van der Waals surface area contributed by atoms with E-state index in [0.717, 1.165) is 22.4 Å². The van der Waals surface area contributed by atoms with Gasteiger partial charge in [0.15, 0.2) is 17.6 Å². The van der Waals surface area contributed by atoms with Crippen LogP contribution in [-0.4, -0.2) is 18.4 Å². The van der Waals surface area contributed by atoms with E-state index in [9.17, 15) is 4.79 Å². The highest BCUT2D eigenvalue weighted by Gasteiger charge is 2.11. The number of furan rings is 1. The predicted octanol–water partition coefficient (Wildman–Crippen LogP) is 4.58. The lowest BCUT2D eigenvalue weighted by molar-refractivity contribution is 0.110. The number of nitrogens with zero attached hydrogens (tertiary/aromatic N) is 1. The quantitative estimate of drug-likeness (QED) is 0.515. The minimum absolute atomic E-state index is 0.294. The van der Waals surface area contributed by atoms with Crippen LogP contribution in [0.1, 0.15) is 10.6 Å². The lowest BCUT2D eigenvalue weighted by Crippen LogP contribution is -1.83. The summed E-state index contributed by atoms with van der Waals surface area (Å²) in [7, 11) is 1.62. The number of hydrogen-bond acceptors (Lipinski definition) is 5. The molecule has 0 saturated carbocycles. The van der Waals surface area contributed by atoms with Gasteiger partial charge in [-0.3, -0.25) is 4.79 Å². The molecule has 0 radical (unpaired) electrons. The standard InChI is InChI=1S/C19H13NO4/c1-22-14-4-2-3-13(9-14)19-20-16-10-12(5-7-18(16)24-19)17-8-6-15(11-21)23-17/h2-11H,1H3. The number of fused-ring (bicyclic) bond motifs is 1. The maximum Gasteiger partial charge on any atom is 0.227 e. The molecule has 0 N–H and O–H groups in total. The number of methoxy groups -OCH3 is 1. The first-order chi connectivity index (χ1) is 11.8. The summed E-state index contributed by atoms with van der Waals surface area (Å²) in [6.07, 6.45) is 0.680. The van der Waals surface area contributed by atoms with E-state index in [1.165, 1.54) is 0 Å². The number of aromatic nitrogens is 1. The molecule has 0 aliphatic heterocycles. The molecule has 0 amide bonds. The van der Waals surface area contributed by atoms with Gasteiger partial charge in [-0.1, -0.05) is 6.07 Å². The van der Waals surface area contributed by atoms with Crippen molar-refractivity contribution in [2.24, 2.45) is 0 Å². The van der Waals surface area contributed by atoms with Gasteiger partial charge in [0.1, 0.15) is 17.0 Å². The highest BCUT2D eigenvalue weighted by molar-refractivity contribution is 5.82. The minimum Gasteiger partial charge on any atom is -0.497 e. The maximum absolute atomic E-state index is 10.7. The van der Waals surface area contributed by atoms with Crippen LogP contribution >= 0.6 is 0 Å². The molecule has 0 aliphatic rings. The number of rotatable bonds is 4. The second kappa shape index (κ2) is 5.70. The van der Waals surface area contributed by atoms with Gasteiger partial charge in [0, 0.05) is 11.1 Å². The summed E-state index contributed by atoms with van der Waals surface area (Å²) in [6.45, 7) is 0. The Morgan fingerprint density at radius 2 is 1.92 bits per heavy atom. The zero-order valence-corrected chi connectivity index (χ0v) is 12.9. The summed E-state index contributed by atoms with van der Waals surface area (Å²) < 4.78 is 16.5. The van der Waals surface area contributed by atoms with E-state index in [1.807, 2.05) is 42.5 Å². The molecule has 0 aliphatic carbocycles. The van der Waals surface area contributed by atoms with Crippen LogP contribution < -0.4 is 4.74 Å². The largest absolute Gasteiger partial charge is 0.497 e. The molecular formula is C19H13NO4. The van der Waals surface area contributed by atoms with E-state index in [1.54, 1.807) is 19.2 Å². The van der Waals surface area contributed by atoms with Gasteiger partial charge in [0.2, 0.25) is 5.89 Å². The summed E-state index contributed by atoms with van der Waals surface area (Å²) in [6, 6.07) is 16.5. The topological polar surface area (TPSA) is 65.5 Å². The SMILES string of the molecule is COc1cccc(-c2nc3cc(-c4ccc(C=O)o4)ccc3o2)c1. The number of benzene rings is 2. The number of ether oxygens (including phenoxy) is 1. The first-order valence-corrected chi connectivity index (χ1v) is 7.37. The van der Waals surface area contributed by atoms with Crippen LogP contribution in [0.3, 0.4) is 0 Å². The third kappa shape index (κ3) is 2.46. The monoisotopic (exact) mass is 319 g/mol. The predicted molar refractivity (Wildman–Crippen MR) is 89.1 cm³/mol. The van der Waals surface area contributed by atoms with Crippen molar-refractivity contribution in [2.75, 3.05) is 7.11 Å². The van der Waals surface area contributed by atoms with Gasteiger partial charge in [-0.05, 0) is 48.5 Å². The third-order valence-corrected chi connectivity index (χ3v) is 3.73. The average molecular weight is 319 g/mol. The fourth-order valence-electron chi connectivity index (χ4n) is 2.53. The van der Waals surface area contributed by atoms with Gasteiger partial charge in [0.25, 0.3) is 0 Å². The van der Waals surface area contributed by atoms with Crippen molar-refractivity contribution in [2.45, 2.75) is 0 Å². The van der Waals surface area contributed by atoms with Gasteiger partial charge in [-0.25, -0.2) is 4.98 Å². The molecule has 0 fully saturated rings. The Balaban J connectivity index is 1.76. The van der Waals surface area contributed by atoms with Gasteiger partial charge in [0.05, 0.1) is 7.11 Å². The molecular weight excluding hydrogens is 306 g/mol. The van der Waals surface area contributed by atoms with Crippen LogP contribution in [0.5, 0.6) is 5.75 Å². The first kappa shape index (κ1) is 14.3. The Bertz CT molecular complexity index is 1030. The fraction of sp³-hybridized carbons (Fsp3) is 0.0526. The van der Waals surface area contributed by atoms with Crippen molar-refractivity contribution in [3.05, 3.63) is 60.4 Å². The van der Waals surface area contributed by atoms with Crippen molar-refractivity contribution in [1.29, 1.82) is 0 Å². The van der Waals surface area contributed by atoms with E-state index in [-0.39, 0.29) is 0 Å². The van der Waals surface area contributed by atoms with Gasteiger partial charge < -0.3 is 13.6 Å². The molecule has 5 heteroatoms. The highest BCUT2D eigenvalue weighted by atomic mass is 16.5. The molecule has 2 aromatic carbocycles. The molecule has 5 nitrogen and oxygen atoms in total. The fourth-order valence-corrected chi connectivity index (χ4v) is 2.53. The van der Waals surface area contributed by atoms with Crippen LogP contribution in [-0.2, 0) is 0 Å². The summed E-state index contributed by atoms with van der Waals surface area (Å²) in [4.78, 5) is 15.3. The second-order valence-corrected chi connectivity index (χ2v) is 5.25. The summed E-state index contributed by atoms with van der Waals surface area (Å²) >= 11 is 0. The molecule has 4 aromatic rings. The van der Waals surface area contributed by atoms with Crippen molar-refractivity contribution in [3.8, 4) is 28.5 Å². The van der Waals surface area contributed by atoms with Crippen LogP contribution in [0.4, 0.5) is 0 Å². The molecule has 2 heterocycles. The molecule has 4 rings (SSSR count). The molecule has 0 unspecified atom stereocenters. The molecule has 0 spiro atoms. The number of oxazole rings is 1. The minimum atomic E-state index is 0.294. The lowest BCUT2D eigenvalue weighted by Gasteiger charge is -2.00. The zero-order chi connectivity index (χ0) is 16.5. The lowest BCUT2D eigenvalue weighted by atomic mass is 10.1. The van der Waals surface area contributed by atoms with E-state index in [2.05, 4.69) is 4.98 Å². The second-order valence-electron chi connectivity index (χ2n) is 5.25. The van der Waals surface area contributed by atoms with Crippen molar-refractivity contribution in [3.63, 3.8) is 0 Å². The average Bonchev–Trinajstić information content (AvgIpc) is 3.27. The van der Waals surface area contributed by atoms with Crippen LogP contribution in [0.2, 0.25) is 0 Å². The molecule has 0 bridgehead atoms. The Hall–Kier alpha value is -3.34. The molecule has 2 aromatic heterocycles. The molecule has 0 atom stereocenters. The molecule has 118 valence electrons. The molecule has 24 heavy (non-hydrogen) atoms. The number of carbonyl (C=O) groups is 1. The van der Waals surface area contributed by atoms with Gasteiger partial charge >= 0.3 is 0 Å². The number of aldehydes is 1. The Morgan fingerprint density at radius 3 is 2.71 bits per heavy atom. The maximum atomic E-state index is 10.7. The number of hydrogen-bond donors (Lipinski definition) is 0. The third-order valence-electron chi connectivity index (χ3n) is 3.73. The van der Waals surface area contributed by atoms with E-state index in [0.29, 0.717) is 29.3 Å². The van der Waals surface area contributed by atoms with E-state index >= 15 is 0 Å². The Labute approximate surface area is 137 Å². The van der Waals surface area contributed by atoms with Crippen LogP contribution in [0.15, 0.2) is 63.4 Å². The Kier molecular flexibility index (Phi) is 3.39. The number of carbonyl (C=O) groups excluding carboxylic acids is 1. The van der Waals surface area contributed by atoms with E-state index in [4.69, 9.17) is 13.6 Å². The zero-order valence-electron chi connectivity index (χ0n) is 12.9. The first-order valence-electron chi connectivity index (χ1n) is 7.37. The highest BCUT2D eigenvalue weighted by Crippen LogP contribution is 2.30. The van der Waals surface area contributed by atoms with E-state index < -0.39 is 0 Å². The summed E-state index contributed by atoms with van der Waals surface area (Å²) in [5.74, 6) is 2.17.